The van der Waals surface area contributed by atoms with Crippen LogP contribution in [0.25, 0.3) is 0 Å². The van der Waals surface area contributed by atoms with Crippen LogP contribution in [0.2, 0.25) is 0 Å². The van der Waals surface area contributed by atoms with Gasteiger partial charge in [0.15, 0.2) is 0 Å². The number of benzene rings is 1. The van der Waals surface area contributed by atoms with Crippen LogP contribution in [-0.4, -0.2) is 5.33 Å². The lowest BCUT2D eigenvalue weighted by molar-refractivity contribution is 0.462. The van der Waals surface area contributed by atoms with Gasteiger partial charge in [-0.3, -0.25) is 0 Å². The Hall–Kier alpha value is -0.300. The van der Waals surface area contributed by atoms with Crippen LogP contribution in [0.15, 0.2) is 24.3 Å². The van der Waals surface area contributed by atoms with E-state index in [4.69, 9.17) is 0 Å². The van der Waals surface area contributed by atoms with Crippen LogP contribution < -0.4 is 0 Å². The largest absolute Gasteiger partial charge is 0.0925 e. The smallest absolute Gasteiger partial charge is 0.00628 e. The summed E-state index contributed by atoms with van der Waals surface area (Å²) in [7, 11) is 0. The first kappa shape index (κ1) is 14.8. The van der Waals surface area contributed by atoms with Crippen molar-refractivity contribution in [3.05, 3.63) is 35.4 Å². The lowest BCUT2D eigenvalue weighted by Crippen LogP contribution is -2.08. The Balaban J connectivity index is 2.44. The standard InChI is InChI=1S/C16H25Br/c1-13(2)7-6-9-15(12-17)11-16-10-5-4-8-14(16)3/h4-5,8,10,13,15H,6-7,9,11-12H2,1-3H3. The number of hydrogen-bond acceptors (Lipinski definition) is 0. The Kier molecular flexibility index (Phi) is 6.87. The number of alkyl halides is 1. The summed E-state index contributed by atoms with van der Waals surface area (Å²) in [5.74, 6) is 1.62. The molecule has 0 aliphatic carbocycles. The molecule has 0 amide bonds. The first-order chi connectivity index (χ1) is 8.13. The summed E-state index contributed by atoms with van der Waals surface area (Å²) in [6.07, 6.45) is 5.28. The third-order valence-corrected chi connectivity index (χ3v) is 4.30. The van der Waals surface area contributed by atoms with Crippen LogP contribution in [0.3, 0.4) is 0 Å². The summed E-state index contributed by atoms with van der Waals surface area (Å²) in [6, 6.07) is 8.77. The van der Waals surface area contributed by atoms with E-state index in [1.165, 1.54) is 36.8 Å². The minimum atomic E-state index is 0.787. The molecule has 0 spiro atoms. The van der Waals surface area contributed by atoms with Gasteiger partial charge in [-0.25, -0.2) is 0 Å². The van der Waals surface area contributed by atoms with Crippen LogP contribution in [0.1, 0.15) is 44.2 Å². The predicted octanol–water partition coefficient (Wildman–Crippen LogP) is 5.37. The highest BCUT2D eigenvalue weighted by Crippen LogP contribution is 2.21. The summed E-state index contributed by atoms with van der Waals surface area (Å²) in [5, 5.41) is 1.12. The minimum Gasteiger partial charge on any atom is -0.0925 e. The molecule has 0 nitrogen and oxygen atoms in total. The van der Waals surface area contributed by atoms with Gasteiger partial charge in [-0.15, -0.1) is 0 Å². The normalized spacial score (nSPS) is 13.0. The van der Waals surface area contributed by atoms with Crippen LogP contribution in [0.4, 0.5) is 0 Å². The number of aryl methyl sites for hydroxylation is 1. The average Bonchev–Trinajstić information content (AvgIpc) is 2.30. The van der Waals surface area contributed by atoms with Gasteiger partial charge in [-0.05, 0) is 42.7 Å². The summed E-state index contributed by atoms with van der Waals surface area (Å²) in [4.78, 5) is 0. The quantitative estimate of drug-likeness (QED) is 0.593. The van der Waals surface area contributed by atoms with Crippen molar-refractivity contribution < 1.29 is 0 Å². The Bertz CT molecular complexity index is 317. The fraction of sp³-hybridized carbons (Fsp3) is 0.625. The van der Waals surface area contributed by atoms with Gasteiger partial charge in [-0.1, -0.05) is 66.9 Å². The highest BCUT2D eigenvalue weighted by molar-refractivity contribution is 9.09. The molecule has 1 atom stereocenters. The van der Waals surface area contributed by atoms with E-state index in [9.17, 15) is 0 Å². The van der Waals surface area contributed by atoms with Crippen molar-refractivity contribution in [2.45, 2.75) is 46.5 Å². The zero-order chi connectivity index (χ0) is 12.7. The first-order valence-electron chi connectivity index (χ1n) is 6.74. The van der Waals surface area contributed by atoms with Gasteiger partial charge >= 0.3 is 0 Å². The zero-order valence-electron chi connectivity index (χ0n) is 11.4. The first-order valence-corrected chi connectivity index (χ1v) is 7.86. The molecular formula is C16H25Br. The number of rotatable bonds is 7. The number of hydrogen-bond donors (Lipinski definition) is 0. The molecule has 0 aromatic heterocycles. The van der Waals surface area contributed by atoms with Gasteiger partial charge in [0.1, 0.15) is 0 Å². The molecule has 1 aromatic rings. The third kappa shape index (κ3) is 5.72. The minimum absolute atomic E-state index is 0.787. The molecule has 0 aliphatic rings. The van der Waals surface area contributed by atoms with Gasteiger partial charge in [0.2, 0.25) is 0 Å². The van der Waals surface area contributed by atoms with E-state index in [0.717, 1.165) is 17.2 Å². The number of halogens is 1. The molecule has 17 heavy (non-hydrogen) atoms. The van der Waals surface area contributed by atoms with Gasteiger partial charge < -0.3 is 0 Å². The summed E-state index contributed by atoms with van der Waals surface area (Å²) in [6.45, 7) is 6.84. The maximum absolute atomic E-state index is 3.67. The predicted molar refractivity (Wildman–Crippen MR) is 80.9 cm³/mol. The molecule has 0 aliphatic heterocycles. The second-order valence-corrected chi connectivity index (χ2v) is 6.12. The van der Waals surface area contributed by atoms with Gasteiger partial charge in [-0.2, -0.15) is 0 Å². The second-order valence-electron chi connectivity index (χ2n) is 5.48. The van der Waals surface area contributed by atoms with E-state index < -0.39 is 0 Å². The van der Waals surface area contributed by atoms with Crippen LogP contribution in [0.5, 0.6) is 0 Å². The molecule has 0 saturated heterocycles. The maximum atomic E-state index is 3.67. The lowest BCUT2D eigenvalue weighted by atomic mass is 9.92. The molecular weight excluding hydrogens is 272 g/mol. The van der Waals surface area contributed by atoms with Gasteiger partial charge in [0.25, 0.3) is 0 Å². The third-order valence-electron chi connectivity index (χ3n) is 3.38. The zero-order valence-corrected chi connectivity index (χ0v) is 13.0. The molecule has 0 fully saturated rings. The van der Waals surface area contributed by atoms with Crippen molar-refractivity contribution in [1.29, 1.82) is 0 Å². The molecule has 0 N–H and O–H groups in total. The SMILES string of the molecule is Cc1ccccc1CC(CBr)CCCC(C)C. The van der Waals surface area contributed by atoms with E-state index in [1.54, 1.807) is 0 Å². The van der Waals surface area contributed by atoms with Crippen molar-refractivity contribution >= 4 is 15.9 Å². The molecule has 0 radical (unpaired) electrons. The highest BCUT2D eigenvalue weighted by Gasteiger charge is 2.09. The summed E-state index contributed by atoms with van der Waals surface area (Å²) < 4.78 is 0. The van der Waals surface area contributed by atoms with Crippen molar-refractivity contribution in [3.8, 4) is 0 Å². The van der Waals surface area contributed by atoms with Crippen molar-refractivity contribution in [2.75, 3.05) is 5.33 Å². The van der Waals surface area contributed by atoms with Crippen molar-refractivity contribution in [1.82, 2.24) is 0 Å². The lowest BCUT2D eigenvalue weighted by Gasteiger charge is -2.16. The monoisotopic (exact) mass is 296 g/mol. The highest BCUT2D eigenvalue weighted by atomic mass is 79.9. The Morgan fingerprint density at radius 2 is 1.82 bits per heavy atom. The molecule has 96 valence electrons. The molecule has 0 bridgehead atoms. The maximum Gasteiger partial charge on any atom is 0.00628 e. The van der Waals surface area contributed by atoms with E-state index >= 15 is 0 Å². The molecule has 0 saturated carbocycles. The molecule has 1 rings (SSSR count). The van der Waals surface area contributed by atoms with E-state index in [1.807, 2.05) is 0 Å². The molecule has 1 unspecified atom stereocenters. The Morgan fingerprint density at radius 1 is 1.12 bits per heavy atom. The molecule has 1 heteroatoms. The Labute approximate surface area is 115 Å². The van der Waals surface area contributed by atoms with E-state index in [-0.39, 0.29) is 0 Å². The van der Waals surface area contributed by atoms with E-state index in [2.05, 4.69) is 61.0 Å². The Morgan fingerprint density at radius 3 is 2.41 bits per heavy atom. The fourth-order valence-electron chi connectivity index (χ4n) is 2.20. The summed E-state index contributed by atoms with van der Waals surface area (Å²) >= 11 is 3.67. The molecule has 1 aromatic carbocycles. The van der Waals surface area contributed by atoms with E-state index in [0.29, 0.717) is 0 Å². The average molecular weight is 297 g/mol. The second kappa shape index (κ2) is 7.92. The fourth-order valence-corrected chi connectivity index (χ4v) is 2.75. The topological polar surface area (TPSA) is 0 Å². The molecule has 0 heterocycles. The van der Waals surface area contributed by atoms with Crippen molar-refractivity contribution in [2.24, 2.45) is 11.8 Å². The van der Waals surface area contributed by atoms with Crippen molar-refractivity contribution in [3.63, 3.8) is 0 Å². The van der Waals surface area contributed by atoms with Crippen LogP contribution in [-0.2, 0) is 6.42 Å². The van der Waals surface area contributed by atoms with Crippen LogP contribution in [0, 0.1) is 18.8 Å². The van der Waals surface area contributed by atoms with Gasteiger partial charge in [0.05, 0.1) is 0 Å². The van der Waals surface area contributed by atoms with Gasteiger partial charge in [0, 0.05) is 5.33 Å². The summed E-state index contributed by atoms with van der Waals surface area (Å²) in [5.41, 5.74) is 2.95. The van der Waals surface area contributed by atoms with Crippen LogP contribution >= 0.6 is 15.9 Å².